The second kappa shape index (κ2) is 10.5. The molecule has 0 bridgehead atoms. The number of furan rings is 1. The number of amides is 1. The van der Waals surface area contributed by atoms with E-state index in [0.29, 0.717) is 48.4 Å². The van der Waals surface area contributed by atoms with Crippen LogP contribution >= 0.6 is 11.6 Å². The molecule has 2 fully saturated rings. The van der Waals surface area contributed by atoms with Crippen LogP contribution < -0.4 is 4.90 Å². The summed E-state index contributed by atoms with van der Waals surface area (Å²) in [7, 11) is 0. The van der Waals surface area contributed by atoms with Crippen LogP contribution in [0.4, 0.5) is 5.82 Å². The smallest absolute Gasteiger partial charge is 0.341 e. The number of ether oxygens (including phenoxy) is 1. The van der Waals surface area contributed by atoms with Crippen LogP contribution in [0.15, 0.2) is 47.2 Å². The van der Waals surface area contributed by atoms with Gasteiger partial charge < -0.3 is 14.3 Å². The number of carboxylic acid groups (broad SMARTS) is 1. The molecule has 0 unspecified atom stereocenters. The van der Waals surface area contributed by atoms with Crippen molar-refractivity contribution in [1.82, 2.24) is 9.78 Å². The molecule has 0 spiro atoms. The number of carbonyl (C=O) groups excluding carboxylic acids is 1. The Kier molecular flexibility index (Phi) is 7.16. The lowest BCUT2D eigenvalue weighted by Gasteiger charge is -2.37. The van der Waals surface area contributed by atoms with Crippen molar-refractivity contribution in [3.05, 3.63) is 53.4 Å². The molecule has 190 valence electrons. The average Bonchev–Trinajstić information content (AvgIpc) is 3.56. The molecule has 3 heterocycles. The minimum atomic E-state index is -1.13. The summed E-state index contributed by atoms with van der Waals surface area (Å²) in [5, 5.41) is 15.2. The van der Waals surface area contributed by atoms with E-state index in [9.17, 15) is 14.7 Å². The van der Waals surface area contributed by atoms with E-state index in [2.05, 4.69) is 12.0 Å². The lowest BCUT2D eigenvalue weighted by molar-refractivity contribution is -0.124. The number of aromatic nitrogens is 2. The van der Waals surface area contributed by atoms with E-state index < -0.39 is 5.97 Å². The monoisotopic (exact) mass is 511 g/mol. The molecular weight excluding hydrogens is 482 g/mol. The van der Waals surface area contributed by atoms with Crippen molar-refractivity contribution in [2.45, 2.75) is 51.5 Å². The molecule has 0 radical (unpaired) electrons. The fraction of sp³-hybridized carbons (Fsp3) is 0.444. The van der Waals surface area contributed by atoms with Crippen LogP contribution in [0.2, 0.25) is 5.02 Å². The van der Waals surface area contributed by atoms with Crippen LogP contribution in [-0.4, -0.2) is 46.0 Å². The predicted molar refractivity (Wildman–Crippen MR) is 136 cm³/mol. The lowest BCUT2D eigenvalue weighted by Crippen LogP contribution is -2.47. The van der Waals surface area contributed by atoms with Crippen LogP contribution in [0.3, 0.4) is 0 Å². The zero-order valence-electron chi connectivity index (χ0n) is 20.2. The second-order valence-corrected chi connectivity index (χ2v) is 10.2. The Labute approximate surface area is 214 Å². The first kappa shape index (κ1) is 24.6. The maximum absolute atomic E-state index is 13.9. The molecule has 5 rings (SSSR count). The van der Waals surface area contributed by atoms with Crippen LogP contribution in [0, 0.1) is 11.8 Å². The molecule has 1 saturated heterocycles. The first-order valence-corrected chi connectivity index (χ1v) is 12.9. The van der Waals surface area contributed by atoms with Crippen LogP contribution in [0.1, 0.15) is 55.8 Å². The van der Waals surface area contributed by atoms with E-state index >= 15 is 0 Å². The van der Waals surface area contributed by atoms with Crippen molar-refractivity contribution in [3.63, 3.8) is 0 Å². The van der Waals surface area contributed by atoms with Gasteiger partial charge in [0, 0.05) is 36.9 Å². The molecule has 1 aromatic carbocycles. The van der Waals surface area contributed by atoms with E-state index in [-0.39, 0.29) is 29.2 Å². The van der Waals surface area contributed by atoms with Gasteiger partial charge in [0.1, 0.15) is 11.3 Å². The number of hydrogen-bond donors (Lipinski definition) is 1. The van der Waals surface area contributed by atoms with Gasteiger partial charge in [-0.05, 0) is 74.8 Å². The molecule has 1 amide bonds. The summed E-state index contributed by atoms with van der Waals surface area (Å²) in [6.07, 6.45) is 7.94. The Morgan fingerprint density at radius 1 is 1.11 bits per heavy atom. The summed E-state index contributed by atoms with van der Waals surface area (Å²) in [5.74, 6) is 0.136. The Bertz CT molecular complexity index is 1220. The number of rotatable bonds is 6. The summed E-state index contributed by atoms with van der Waals surface area (Å²) in [5.41, 5.74) is 1.31. The first-order chi connectivity index (χ1) is 17.4. The summed E-state index contributed by atoms with van der Waals surface area (Å²) in [4.78, 5) is 27.8. The van der Waals surface area contributed by atoms with Gasteiger partial charge in [-0.25, -0.2) is 9.48 Å². The van der Waals surface area contributed by atoms with E-state index in [1.165, 1.54) is 10.9 Å². The molecule has 1 aliphatic carbocycles. The van der Waals surface area contributed by atoms with Crippen LogP contribution in [0.5, 0.6) is 0 Å². The van der Waals surface area contributed by atoms with Gasteiger partial charge in [0.05, 0.1) is 17.0 Å². The Hall–Kier alpha value is -3.10. The largest absolute Gasteiger partial charge is 0.477 e. The highest BCUT2D eigenvalue weighted by molar-refractivity contribution is 6.33. The Balaban J connectivity index is 1.53. The standard InChI is InChI=1S/C27H30ClN3O5/c1-17-4-6-18(7-5-17)26(32)31(19-10-13-35-14-11-19)25-22(27(33)34)16-30(29-25)20-8-9-21(23(28)15-20)24-3-2-12-36-24/h2-3,8-9,12,15-19H,4-7,10-11,13-14H2,1H3,(H,33,34)/t17-,18-. The number of aromatic carboxylic acids is 1. The molecule has 9 heteroatoms. The summed E-state index contributed by atoms with van der Waals surface area (Å²) in [6.45, 7) is 3.27. The molecule has 2 aromatic heterocycles. The van der Waals surface area contributed by atoms with Crippen molar-refractivity contribution in [3.8, 4) is 17.0 Å². The highest BCUT2D eigenvalue weighted by Gasteiger charge is 2.37. The predicted octanol–water partition coefficient (Wildman–Crippen LogP) is 5.82. The average molecular weight is 512 g/mol. The molecule has 1 saturated carbocycles. The molecular formula is C27H30ClN3O5. The maximum Gasteiger partial charge on any atom is 0.341 e. The third-order valence-corrected chi connectivity index (χ3v) is 7.63. The molecule has 36 heavy (non-hydrogen) atoms. The van der Waals surface area contributed by atoms with Gasteiger partial charge in [-0.3, -0.25) is 9.69 Å². The highest BCUT2D eigenvalue weighted by atomic mass is 35.5. The summed E-state index contributed by atoms with van der Waals surface area (Å²) in [6, 6.07) is 8.77. The molecule has 1 N–H and O–H groups in total. The zero-order valence-corrected chi connectivity index (χ0v) is 21.0. The van der Waals surface area contributed by atoms with Crippen molar-refractivity contribution >= 4 is 29.3 Å². The molecule has 8 nitrogen and oxygen atoms in total. The van der Waals surface area contributed by atoms with Crippen molar-refractivity contribution in [1.29, 1.82) is 0 Å². The molecule has 0 atom stereocenters. The Morgan fingerprint density at radius 2 is 1.86 bits per heavy atom. The van der Waals surface area contributed by atoms with Gasteiger partial charge >= 0.3 is 5.97 Å². The fourth-order valence-electron chi connectivity index (χ4n) is 5.21. The van der Waals surface area contributed by atoms with Crippen molar-refractivity contribution in [2.75, 3.05) is 18.1 Å². The first-order valence-electron chi connectivity index (χ1n) is 12.5. The second-order valence-electron chi connectivity index (χ2n) is 9.77. The normalized spacial score (nSPS) is 20.8. The maximum atomic E-state index is 13.9. The molecule has 3 aromatic rings. The number of halogens is 1. The third-order valence-electron chi connectivity index (χ3n) is 7.32. The van der Waals surface area contributed by atoms with Gasteiger partial charge in [0.25, 0.3) is 0 Å². The van der Waals surface area contributed by atoms with Gasteiger partial charge in [0.2, 0.25) is 5.91 Å². The number of benzene rings is 1. The van der Waals surface area contributed by atoms with Crippen molar-refractivity contribution < 1.29 is 23.8 Å². The third kappa shape index (κ3) is 4.92. The number of carboxylic acids is 1. The van der Waals surface area contributed by atoms with E-state index in [1.807, 2.05) is 12.1 Å². The number of carbonyl (C=O) groups is 2. The van der Waals surface area contributed by atoms with Gasteiger partial charge in [-0.1, -0.05) is 18.5 Å². The van der Waals surface area contributed by atoms with Crippen LogP contribution in [-0.2, 0) is 9.53 Å². The van der Waals surface area contributed by atoms with Crippen LogP contribution in [0.25, 0.3) is 17.0 Å². The quantitative estimate of drug-likeness (QED) is 0.447. The van der Waals surface area contributed by atoms with Gasteiger partial charge in [-0.15, -0.1) is 5.10 Å². The van der Waals surface area contributed by atoms with Crippen molar-refractivity contribution in [2.24, 2.45) is 11.8 Å². The van der Waals surface area contributed by atoms with E-state index in [4.69, 9.17) is 20.8 Å². The number of anilines is 1. The summed E-state index contributed by atoms with van der Waals surface area (Å²) < 4.78 is 12.5. The molecule has 1 aliphatic heterocycles. The minimum absolute atomic E-state index is 0.00903. The summed E-state index contributed by atoms with van der Waals surface area (Å²) >= 11 is 6.53. The van der Waals surface area contributed by atoms with E-state index in [0.717, 1.165) is 31.2 Å². The number of nitrogens with zero attached hydrogens (tertiary/aromatic N) is 3. The topological polar surface area (TPSA) is 97.8 Å². The van der Waals surface area contributed by atoms with Gasteiger partial charge in [-0.2, -0.15) is 0 Å². The zero-order chi connectivity index (χ0) is 25.2. The Morgan fingerprint density at radius 3 is 2.50 bits per heavy atom. The number of hydrogen-bond acceptors (Lipinski definition) is 5. The van der Waals surface area contributed by atoms with Gasteiger partial charge in [0.15, 0.2) is 5.82 Å². The highest BCUT2D eigenvalue weighted by Crippen LogP contribution is 2.35. The SMILES string of the molecule is C[C@H]1CC[C@H](C(=O)N(c2nn(-c3ccc(-c4ccco4)c(Cl)c3)cc2C(=O)O)C2CCOCC2)CC1. The fourth-order valence-corrected chi connectivity index (χ4v) is 5.48. The minimum Gasteiger partial charge on any atom is -0.477 e. The lowest BCUT2D eigenvalue weighted by atomic mass is 9.82. The van der Waals surface area contributed by atoms with E-state index in [1.54, 1.807) is 29.4 Å². The molecule has 2 aliphatic rings.